The van der Waals surface area contributed by atoms with Crippen molar-refractivity contribution in [2.45, 2.75) is 32.7 Å². The number of hydrogen-bond acceptors (Lipinski definition) is 3. The molecule has 1 heterocycles. The molecule has 0 bridgehead atoms. The average Bonchev–Trinajstić information content (AvgIpc) is 2.04. The molecule has 0 atom stereocenters. The Balaban J connectivity index is 2.39. The van der Waals surface area contributed by atoms with Gasteiger partial charge in [-0.25, -0.2) is 0 Å². The van der Waals surface area contributed by atoms with Crippen LogP contribution in [0.2, 0.25) is 0 Å². The van der Waals surface area contributed by atoms with Gasteiger partial charge in [0.25, 0.3) is 0 Å². The summed E-state index contributed by atoms with van der Waals surface area (Å²) in [5.74, 6) is 0. The monoisotopic (exact) mass is 183 g/mol. The summed E-state index contributed by atoms with van der Waals surface area (Å²) in [5.41, 5.74) is 1.35. The van der Waals surface area contributed by atoms with E-state index in [1.54, 1.807) is 0 Å². The predicted octanol–water partition coefficient (Wildman–Crippen LogP) is 1.41. The predicted molar refractivity (Wildman–Crippen MR) is 57.1 cm³/mol. The number of rotatable bonds is 2. The van der Waals surface area contributed by atoms with Gasteiger partial charge in [-0.15, -0.1) is 0 Å². The third-order valence-corrected chi connectivity index (χ3v) is 2.45. The van der Waals surface area contributed by atoms with E-state index in [0.29, 0.717) is 6.04 Å². The molecule has 1 saturated heterocycles. The molecule has 0 radical (unpaired) electrons. The van der Waals surface area contributed by atoms with E-state index in [2.05, 4.69) is 23.8 Å². The van der Waals surface area contributed by atoms with Crippen molar-refractivity contribution < 1.29 is 0 Å². The summed E-state index contributed by atoms with van der Waals surface area (Å²) < 4.78 is 0. The van der Waals surface area contributed by atoms with Crippen LogP contribution in [0, 0.1) is 0 Å². The topological polar surface area (TPSA) is 18.8 Å². The molecule has 0 aromatic carbocycles. The summed E-state index contributed by atoms with van der Waals surface area (Å²) >= 11 is 0. The molecule has 1 aliphatic heterocycles. The normalized spacial score (nSPS) is 19.3. The van der Waals surface area contributed by atoms with Gasteiger partial charge in [0.05, 0.1) is 0 Å². The highest BCUT2D eigenvalue weighted by atomic mass is 15.4. The lowest BCUT2D eigenvalue weighted by atomic mass is 10.1. The van der Waals surface area contributed by atoms with E-state index in [4.69, 9.17) is 0 Å². The number of piperidine rings is 1. The molecule has 0 N–H and O–H groups in total. The molecule has 0 unspecified atom stereocenters. The first kappa shape index (κ1) is 10.5. The summed E-state index contributed by atoms with van der Waals surface area (Å²) in [6, 6.07) is 0.681. The number of likely N-dealkylation sites (tertiary alicyclic amines) is 1. The summed E-state index contributed by atoms with van der Waals surface area (Å²) in [6.07, 6.45) is 2.27. The molecule has 0 amide bonds. The third kappa shape index (κ3) is 3.35. The van der Waals surface area contributed by atoms with Crippen molar-refractivity contribution in [3.8, 4) is 0 Å². The summed E-state index contributed by atoms with van der Waals surface area (Å²) in [5, 5.41) is 6.36. The van der Waals surface area contributed by atoms with Gasteiger partial charge in [-0.3, -0.25) is 0 Å². The zero-order chi connectivity index (χ0) is 9.84. The molecular formula is C10H21N3. The van der Waals surface area contributed by atoms with Crippen molar-refractivity contribution >= 4 is 5.71 Å². The maximum Gasteiger partial charge on any atom is 0.0406 e. The van der Waals surface area contributed by atoms with E-state index in [1.807, 2.05) is 19.1 Å². The molecule has 1 aliphatic rings. The highest BCUT2D eigenvalue weighted by molar-refractivity contribution is 5.85. The minimum atomic E-state index is 0.681. The van der Waals surface area contributed by atoms with E-state index in [0.717, 1.165) is 12.8 Å². The second-order valence-corrected chi connectivity index (χ2v) is 4.14. The van der Waals surface area contributed by atoms with Crippen LogP contribution in [0.4, 0.5) is 0 Å². The summed E-state index contributed by atoms with van der Waals surface area (Å²) in [6.45, 7) is 6.86. The van der Waals surface area contributed by atoms with Crippen LogP contribution in [0.3, 0.4) is 0 Å². The molecule has 3 heteroatoms. The molecule has 0 saturated carbocycles. The lowest BCUT2D eigenvalue weighted by molar-refractivity contribution is 0.221. The van der Waals surface area contributed by atoms with Gasteiger partial charge >= 0.3 is 0 Å². The fourth-order valence-electron chi connectivity index (χ4n) is 1.68. The second kappa shape index (κ2) is 4.61. The Bertz CT molecular complexity index is 175. The van der Waals surface area contributed by atoms with Crippen LogP contribution in [0.25, 0.3) is 0 Å². The number of nitrogens with zero attached hydrogens (tertiary/aromatic N) is 3. The van der Waals surface area contributed by atoms with Gasteiger partial charge in [-0.1, -0.05) is 0 Å². The highest BCUT2D eigenvalue weighted by Gasteiger charge is 2.16. The van der Waals surface area contributed by atoms with E-state index in [1.165, 1.54) is 18.8 Å². The minimum absolute atomic E-state index is 0.681. The van der Waals surface area contributed by atoms with Crippen LogP contribution in [-0.4, -0.2) is 48.8 Å². The Morgan fingerprint density at radius 3 is 2.15 bits per heavy atom. The third-order valence-electron chi connectivity index (χ3n) is 2.45. The molecule has 0 aromatic rings. The Labute approximate surface area is 81.4 Å². The zero-order valence-electron chi connectivity index (χ0n) is 9.25. The first-order valence-corrected chi connectivity index (χ1v) is 5.07. The fourth-order valence-corrected chi connectivity index (χ4v) is 1.68. The Hall–Kier alpha value is -0.570. The van der Waals surface area contributed by atoms with Crippen LogP contribution in [-0.2, 0) is 0 Å². The van der Waals surface area contributed by atoms with Gasteiger partial charge in [-0.2, -0.15) is 5.10 Å². The van der Waals surface area contributed by atoms with Crippen molar-refractivity contribution in [3.63, 3.8) is 0 Å². The Morgan fingerprint density at radius 1 is 1.23 bits per heavy atom. The SMILES string of the molecule is CC(C)N1CCC(=NN(C)C)CC1. The molecule has 1 rings (SSSR count). The average molecular weight is 183 g/mol. The van der Waals surface area contributed by atoms with Crippen molar-refractivity contribution in [1.29, 1.82) is 0 Å². The lowest BCUT2D eigenvalue weighted by Crippen LogP contribution is -2.39. The largest absolute Gasteiger partial charge is 0.303 e. The van der Waals surface area contributed by atoms with Crippen molar-refractivity contribution in [1.82, 2.24) is 9.91 Å². The van der Waals surface area contributed by atoms with Crippen LogP contribution in [0.15, 0.2) is 5.10 Å². The number of hydrogen-bond donors (Lipinski definition) is 0. The molecule has 0 spiro atoms. The number of hydrazone groups is 1. The van der Waals surface area contributed by atoms with Crippen LogP contribution < -0.4 is 0 Å². The van der Waals surface area contributed by atoms with Crippen LogP contribution in [0.5, 0.6) is 0 Å². The second-order valence-electron chi connectivity index (χ2n) is 4.14. The molecular weight excluding hydrogens is 162 g/mol. The highest BCUT2D eigenvalue weighted by Crippen LogP contribution is 2.10. The maximum absolute atomic E-state index is 4.45. The molecule has 1 fully saturated rings. The van der Waals surface area contributed by atoms with Crippen LogP contribution >= 0.6 is 0 Å². The van der Waals surface area contributed by atoms with Crippen LogP contribution in [0.1, 0.15) is 26.7 Å². The summed E-state index contributed by atoms with van der Waals surface area (Å²) in [4.78, 5) is 2.51. The van der Waals surface area contributed by atoms with E-state index in [9.17, 15) is 0 Å². The molecule has 0 aromatic heterocycles. The smallest absolute Gasteiger partial charge is 0.0406 e. The summed E-state index contributed by atoms with van der Waals surface area (Å²) in [7, 11) is 3.98. The van der Waals surface area contributed by atoms with E-state index >= 15 is 0 Å². The fraction of sp³-hybridized carbons (Fsp3) is 0.900. The Morgan fingerprint density at radius 2 is 1.77 bits per heavy atom. The lowest BCUT2D eigenvalue weighted by Gasteiger charge is -2.31. The van der Waals surface area contributed by atoms with E-state index in [-0.39, 0.29) is 0 Å². The quantitative estimate of drug-likeness (QED) is 0.603. The van der Waals surface area contributed by atoms with Crippen molar-refractivity contribution in [2.24, 2.45) is 5.10 Å². The first-order valence-electron chi connectivity index (χ1n) is 5.07. The van der Waals surface area contributed by atoms with Gasteiger partial charge in [0.15, 0.2) is 0 Å². The molecule has 0 aliphatic carbocycles. The standard InChI is InChI=1S/C10H21N3/c1-9(2)13-7-5-10(6-8-13)11-12(3)4/h9H,5-8H2,1-4H3. The maximum atomic E-state index is 4.45. The first-order chi connectivity index (χ1) is 6.09. The molecule has 3 nitrogen and oxygen atoms in total. The molecule has 76 valence electrons. The van der Waals surface area contributed by atoms with Crippen molar-refractivity contribution in [3.05, 3.63) is 0 Å². The van der Waals surface area contributed by atoms with Gasteiger partial charge < -0.3 is 9.91 Å². The van der Waals surface area contributed by atoms with Crippen molar-refractivity contribution in [2.75, 3.05) is 27.2 Å². The van der Waals surface area contributed by atoms with Gasteiger partial charge in [-0.05, 0) is 13.8 Å². The van der Waals surface area contributed by atoms with Gasteiger partial charge in [0, 0.05) is 51.8 Å². The van der Waals surface area contributed by atoms with Gasteiger partial charge in [0.2, 0.25) is 0 Å². The van der Waals surface area contributed by atoms with E-state index < -0.39 is 0 Å². The zero-order valence-corrected chi connectivity index (χ0v) is 9.25. The van der Waals surface area contributed by atoms with Gasteiger partial charge in [0.1, 0.15) is 0 Å². The Kier molecular flexibility index (Phi) is 3.72. The minimum Gasteiger partial charge on any atom is -0.303 e. The molecule has 13 heavy (non-hydrogen) atoms.